The lowest BCUT2D eigenvalue weighted by atomic mass is 10.4. The quantitative estimate of drug-likeness (QED) is 0.759. The molecule has 1 heterocycles. The first-order chi connectivity index (χ1) is 6.53. The molecule has 0 amide bonds. The van der Waals surface area contributed by atoms with E-state index < -0.39 is 12.8 Å². The van der Waals surface area contributed by atoms with Crippen molar-refractivity contribution in [2.45, 2.75) is 6.18 Å². The monoisotopic (exact) mass is 207 g/mol. The second-order valence-electron chi connectivity index (χ2n) is 2.43. The number of pyridine rings is 1. The predicted molar refractivity (Wildman–Crippen MR) is 42.3 cm³/mol. The van der Waals surface area contributed by atoms with Gasteiger partial charge in [0.15, 0.2) is 18.1 Å². The molecule has 0 bridgehead atoms. The molecule has 6 heteroatoms. The normalized spacial score (nSPS) is 11.1. The Morgan fingerprint density at radius 1 is 1.36 bits per heavy atom. The maximum absolute atomic E-state index is 11.8. The fourth-order valence-electron chi connectivity index (χ4n) is 0.799. The third-order valence-electron chi connectivity index (χ3n) is 1.36. The lowest BCUT2D eigenvalue weighted by Gasteiger charge is -2.11. The minimum Gasteiger partial charge on any atom is -0.491 e. The molecule has 0 radical (unpaired) electrons. The molecule has 0 aliphatic heterocycles. The van der Waals surface area contributed by atoms with Crippen LogP contribution in [0, 0.1) is 0 Å². The number of aromatic nitrogens is 1. The third-order valence-corrected chi connectivity index (χ3v) is 1.36. The van der Waals surface area contributed by atoms with Crippen molar-refractivity contribution in [2.24, 2.45) is 0 Å². The summed E-state index contributed by atoms with van der Waals surface area (Å²) in [4.78, 5) is 3.67. The first kappa shape index (κ1) is 10.6. The summed E-state index contributed by atoms with van der Waals surface area (Å²) < 4.78 is 44.6. The van der Waals surface area contributed by atoms with E-state index in [9.17, 15) is 13.2 Å². The molecule has 0 saturated heterocycles. The number of hydrogen-bond donors (Lipinski definition) is 0. The lowest BCUT2D eigenvalue weighted by molar-refractivity contribution is -0.153. The van der Waals surface area contributed by atoms with Crippen molar-refractivity contribution in [3.05, 3.63) is 18.5 Å². The highest BCUT2D eigenvalue weighted by molar-refractivity contribution is 5.36. The molecule has 0 aliphatic carbocycles. The number of rotatable bonds is 3. The van der Waals surface area contributed by atoms with Crippen LogP contribution >= 0.6 is 0 Å². The van der Waals surface area contributed by atoms with Crippen LogP contribution in [0.4, 0.5) is 13.2 Å². The molecular weight excluding hydrogens is 199 g/mol. The maximum Gasteiger partial charge on any atom is 0.422 e. The van der Waals surface area contributed by atoms with Crippen LogP contribution in [-0.2, 0) is 0 Å². The molecule has 1 aromatic heterocycles. The van der Waals surface area contributed by atoms with Gasteiger partial charge in [0.25, 0.3) is 0 Å². The molecule has 1 aromatic rings. The van der Waals surface area contributed by atoms with E-state index in [1.807, 2.05) is 0 Å². The number of alkyl halides is 3. The zero-order valence-electron chi connectivity index (χ0n) is 7.34. The smallest absolute Gasteiger partial charge is 0.422 e. The van der Waals surface area contributed by atoms with Crippen LogP contribution in [0.15, 0.2) is 18.5 Å². The molecule has 0 saturated carbocycles. The van der Waals surface area contributed by atoms with Crippen LogP contribution in [-0.4, -0.2) is 24.9 Å². The predicted octanol–water partition coefficient (Wildman–Crippen LogP) is 2.03. The van der Waals surface area contributed by atoms with Crippen molar-refractivity contribution in [2.75, 3.05) is 13.7 Å². The third kappa shape index (κ3) is 3.12. The second-order valence-corrected chi connectivity index (χ2v) is 2.43. The first-order valence-electron chi connectivity index (χ1n) is 3.70. The zero-order valence-corrected chi connectivity index (χ0v) is 7.34. The van der Waals surface area contributed by atoms with Crippen molar-refractivity contribution >= 4 is 0 Å². The Kier molecular flexibility index (Phi) is 3.16. The Bertz CT molecular complexity index is 301. The second kappa shape index (κ2) is 4.17. The topological polar surface area (TPSA) is 31.4 Å². The fraction of sp³-hybridized carbons (Fsp3) is 0.375. The first-order valence-corrected chi connectivity index (χ1v) is 3.70. The van der Waals surface area contributed by atoms with E-state index in [-0.39, 0.29) is 11.5 Å². The average molecular weight is 207 g/mol. The Labute approximate surface area is 78.5 Å². The summed E-state index contributed by atoms with van der Waals surface area (Å²) in [6.07, 6.45) is -1.74. The van der Waals surface area contributed by atoms with E-state index in [1.54, 1.807) is 0 Å². The lowest BCUT2D eigenvalue weighted by Crippen LogP contribution is -2.19. The summed E-state index contributed by atoms with van der Waals surface area (Å²) in [7, 11) is 1.33. The van der Waals surface area contributed by atoms with E-state index in [2.05, 4.69) is 9.72 Å². The Hall–Kier alpha value is -1.46. The van der Waals surface area contributed by atoms with E-state index in [4.69, 9.17) is 4.74 Å². The fourth-order valence-corrected chi connectivity index (χ4v) is 0.799. The summed E-state index contributed by atoms with van der Waals surface area (Å²) in [5, 5.41) is 0. The number of hydrogen-bond acceptors (Lipinski definition) is 3. The van der Waals surface area contributed by atoms with Gasteiger partial charge in [-0.2, -0.15) is 13.2 Å². The van der Waals surface area contributed by atoms with Gasteiger partial charge in [0.1, 0.15) is 0 Å². The van der Waals surface area contributed by atoms with Gasteiger partial charge in [-0.05, 0) is 0 Å². The van der Waals surface area contributed by atoms with Crippen molar-refractivity contribution in [3.8, 4) is 11.5 Å². The molecule has 0 atom stereocenters. The van der Waals surface area contributed by atoms with Gasteiger partial charge in [-0.15, -0.1) is 0 Å². The number of nitrogens with zero attached hydrogens (tertiary/aromatic N) is 1. The summed E-state index contributed by atoms with van der Waals surface area (Å²) in [6, 6.07) is 1.31. The number of methoxy groups -OCH3 is 1. The average Bonchev–Trinajstić information content (AvgIpc) is 2.14. The van der Waals surface area contributed by atoms with Gasteiger partial charge in [0, 0.05) is 12.3 Å². The highest BCUT2D eigenvalue weighted by Crippen LogP contribution is 2.26. The van der Waals surface area contributed by atoms with Crippen molar-refractivity contribution in [1.29, 1.82) is 0 Å². The minimum absolute atomic E-state index is 0.0276. The van der Waals surface area contributed by atoms with Crippen LogP contribution in [0.1, 0.15) is 0 Å². The van der Waals surface area contributed by atoms with E-state index in [1.165, 1.54) is 25.6 Å². The van der Waals surface area contributed by atoms with Crippen LogP contribution < -0.4 is 9.47 Å². The zero-order chi connectivity index (χ0) is 10.6. The molecule has 14 heavy (non-hydrogen) atoms. The molecule has 1 rings (SSSR count). The van der Waals surface area contributed by atoms with E-state index in [0.29, 0.717) is 0 Å². The SMILES string of the molecule is COc1cnccc1OCC(F)(F)F. The Morgan fingerprint density at radius 3 is 2.64 bits per heavy atom. The van der Waals surface area contributed by atoms with Gasteiger partial charge in [0.2, 0.25) is 0 Å². The number of halogens is 3. The molecule has 0 spiro atoms. The van der Waals surface area contributed by atoms with Crippen LogP contribution in [0.2, 0.25) is 0 Å². The largest absolute Gasteiger partial charge is 0.491 e. The van der Waals surface area contributed by atoms with Crippen molar-refractivity contribution in [3.63, 3.8) is 0 Å². The molecule has 0 unspecified atom stereocenters. The van der Waals surface area contributed by atoms with Crippen molar-refractivity contribution < 1.29 is 22.6 Å². The molecule has 0 N–H and O–H groups in total. The van der Waals surface area contributed by atoms with E-state index in [0.717, 1.165) is 0 Å². The molecule has 0 fully saturated rings. The molecule has 3 nitrogen and oxygen atoms in total. The molecule has 78 valence electrons. The summed E-state index contributed by atoms with van der Waals surface area (Å²) in [5.74, 6) is 0.205. The van der Waals surface area contributed by atoms with E-state index >= 15 is 0 Å². The Morgan fingerprint density at radius 2 is 2.07 bits per heavy atom. The minimum atomic E-state index is -4.35. The molecular formula is C8H8F3NO2. The summed E-state index contributed by atoms with van der Waals surface area (Å²) in [5.41, 5.74) is 0. The van der Waals surface area contributed by atoms with Crippen molar-refractivity contribution in [1.82, 2.24) is 4.98 Å². The van der Waals surface area contributed by atoms with Gasteiger partial charge in [-0.25, -0.2) is 0 Å². The maximum atomic E-state index is 11.8. The van der Waals surface area contributed by atoms with Crippen LogP contribution in [0.5, 0.6) is 11.5 Å². The Balaban J connectivity index is 2.67. The van der Waals surface area contributed by atoms with Gasteiger partial charge in [-0.3, -0.25) is 4.98 Å². The number of ether oxygens (including phenoxy) is 2. The summed E-state index contributed by atoms with van der Waals surface area (Å²) >= 11 is 0. The van der Waals surface area contributed by atoms with Gasteiger partial charge in [0.05, 0.1) is 13.3 Å². The van der Waals surface area contributed by atoms with Crippen LogP contribution in [0.25, 0.3) is 0 Å². The molecule has 0 aliphatic rings. The van der Waals surface area contributed by atoms with Gasteiger partial charge in [-0.1, -0.05) is 0 Å². The summed E-state index contributed by atoms with van der Waals surface area (Å²) in [6.45, 7) is -1.34. The van der Waals surface area contributed by atoms with Gasteiger partial charge < -0.3 is 9.47 Å². The molecule has 0 aromatic carbocycles. The van der Waals surface area contributed by atoms with Gasteiger partial charge >= 0.3 is 6.18 Å². The highest BCUT2D eigenvalue weighted by Gasteiger charge is 2.28. The highest BCUT2D eigenvalue weighted by atomic mass is 19.4. The van der Waals surface area contributed by atoms with Crippen LogP contribution in [0.3, 0.4) is 0 Å². The standard InChI is InChI=1S/C8H8F3NO2/c1-13-7-4-12-3-2-6(7)14-5-8(9,10)11/h2-4H,5H2,1H3.